The second kappa shape index (κ2) is 5.07. The fourth-order valence-electron chi connectivity index (χ4n) is 2.37. The molecule has 1 aromatic heterocycles. The lowest BCUT2D eigenvalue weighted by atomic mass is 9.85. The van der Waals surface area contributed by atoms with Gasteiger partial charge in [-0.15, -0.1) is 0 Å². The molecule has 3 rings (SSSR count). The molecule has 0 aliphatic heterocycles. The molecule has 1 aliphatic rings. The maximum atomic E-state index is 8.97. The van der Waals surface area contributed by atoms with Gasteiger partial charge in [0.2, 0.25) is 0 Å². The van der Waals surface area contributed by atoms with Crippen molar-refractivity contribution in [1.29, 1.82) is 5.26 Å². The number of halogens is 1. The number of nitriles is 1. The predicted molar refractivity (Wildman–Crippen MR) is 74.7 cm³/mol. The molecule has 1 aromatic carbocycles. The zero-order chi connectivity index (χ0) is 13.2. The summed E-state index contributed by atoms with van der Waals surface area (Å²) < 4.78 is 1.99. The molecule has 1 saturated carbocycles. The molecule has 1 heterocycles. The van der Waals surface area contributed by atoms with Gasteiger partial charge in [-0.25, -0.2) is 0 Å². The summed E-state index contributed by atoms with van der Waals surface area (Å²) in [6, 6.07) is 7.51. The monoisotopic (exact) mass is 271 g/mol. The average molecular weight is 272 g/mol. The third-order valence-electron chi connectivity index (χ3n) is 3.66. The molecule has 0 amide bonds. The lowest BCUT2D eigenvalue weighted by molar-refractivity contribution is 0.266. The highest BCUT2D eigenvalue weighted by Gasteiger charge is 2.18. The second-order valence-electron chi connectivity index (χ2n) is 5.09. The Hall–Kier alpha value is -1.79. The summed E-state index contributed by atoms with van der Waals surface area (Å²) >= 11 is 6.02. The zero-order valence-corrected chi connectivity index (χ0v) is 11.3. The van der Waals surface area contributed by atoms with Crippen LogP contribution in [0.2, 0.25) is 5.02 Å². The van der Waals surface area contributed by atoms with Gasteiger partial charge in [-0.05, 0) is 42.5 Å². The van der Waals surface area contributed by atoms with Crippen molar-refractivity contribution in [3.63, 3.8) is 0 Å². The van der Waals surface area contributed by atoms with Gasteiger partial charge in [-0.1, -0.05) is 18.0 Å². The van der Waals surface area contributed by atoms with Gasteiger partial charge in [0.25, 0.3) is 0 Å². The van der Waals surface area contributed by atoms with Gasteiger partial charge < -0.3 is 0 Å². The highest BCUT2D eigenvalue weighted by atomic mass is 35.5. The van der Waals surface area contributed by atoms with Gasteiger partial charge >= 0.3 is 0 Å². The number of aromatic nitrogens is 2. The largest absolute Gasteiger partial charge is 0.272 e. The van der Waals surface area contributed by atoms with Crippen molar-refractivity contribution in [3.8, 4) is 17.2 Å². The van der Waals surface area contributed by atoms with Crippen LogP contribution in [0.1, 0.15) is 24.8 Å². The molecule has 0 saturated heterocycles. The summed E-state index contributed by atoms with van der Waals surface area (Å²) in [6.07, 6.45) is 7.84. The minimum atomic E-state index is 0.578. The van der Waals surface area contributed by atoms with Gasteiger partial charge in [-0.2, -0.15) is 10.4 Å². The van der Waals surface area contributed by atoms with E-state index in [1.807, 2.05) is 29.2 Å². The Morgan fingerprint density at radius 3 is 2.84 bits per heavy atom. The molecular weight excluding hydrogens is 258 g/mol. The van der Waals surface area contributed by atoms with Crippen LogP contribution in [0.25, 0.3) is 11.1 Å². The molecule has 0 radical (unpaired) electrons. The van der Waals surface area contributed by atoms with E-state index in [2.05, 4.69) is 11.2 Å². The molecule has 0 unspecified atom stereocenters. The molecule has 4 heteroatoms. The van der Waals surface area contributed by atoms with Gasteiger partial charge in [0, 0.05) is 23.3 Å². The lowest BCUT2D eigenvalue weighted by Gasteiger charge is -2.24. The third kappa shape index (κ3) is 2.64. The van der Waals surface area contributed by atoms with E-state index in [0.29, 0.717) is 10.6 Å². The molecular formula is C15H14ClN3. The standard InChI is InChI=1S/C15H14ClN3/c16-15-5-12(7-17)4-13(6-15)14-8-18-19(10-14)9-11-2-1-3-11/h4-6,8,10-11H,1-3,9H2. The first-order chi connectivity index (χ1) is 9.24. The van der Waals surface area contributed by atoms with Crippen molar-refractivity contribution >= 4 is 11.6 Å². The van der Waals surface area contributed by atoms with E-state index in [4.69, 9.17) is 16.9 Å². The van der Waals surface area contributed by atoms with Crippen LogP contribution < -0.4 is 0 Å². The van der Waals surface area contributed by atoms with Crippen LogP contribution in [0.3, 0.4) is 0 Å². The second-order valence-corrected chi connectivity index (χ2v) is 5.52. The van der Waals surface area contributed by atoms with E-state index in [9.17, 15) is 0 Å². The van der Waals surface area contributed by atoms with Crippen LogP contribution in [0.4, 0.5) is 0 Å². The quantitative estimate of drug-likeness (QED) is 0.850. The summed E-state index contributed by atoms with van der Waals surface area (Å²) in [4.78, 5) is 0. The molecule has 1 fully saturated rings. The van der Waals surface area contributed by atoms with E-state index in [1.54, 1.807) is 6.07 Å². The maximum absolute atomic E-state index is 8.97. The third-order valence-corrected chi connectivity index (χ3v) is 3.88. The predicted octanol–water partition coefficient (Wildman–Crippen LogP) is 3.88. The molecule has 0 atom stereocenters. The van der Waals surface area contributed by atoms with Crippen LogP contribution in [0.5, 0.6) is 0 Å². The first kappa shape index (κ1) is 12.3. The molecule has 3 nitrogen and oxygen atoms in total. The van der Waals surface area contributed by atoms with Crippen LogP contribution >= 0.6 is 11.6 Å². The van der Waals surface area contributed by atoms with Gasteiger partial charge in [-0.3, -0.25) is 4.68 Å². The van der Waals surface area contributed by atoms with Crippen LogP contribution in [-0.4, -0.2) is 9.78 Å². The maximum Gasteiger partial charge on any atom is 0.0992 e. The smallest absolute Gasteiger partial charge is 0.0992 e. The fraction of sp³-hybridized carbons (Fsp3) is 0.333. The fourth-order valence-corrected chi connectivity index (χ4v) is 2.61. The summed E-state index contributed by atoms with van der Waals surface area (Å²) in [5.74, 6) is 0.779. The van der Waals surface area contributed by atoms with E-state index in [-0.39, 0.29) is 0 Å². The number of hydrogen-bond donors (Lipinski definition) is 0. The van der Waals surface area contributed by atoms with Crippen LogP contribution in [-0.2, 0) is 6.54 Å². The Morgan fingerprint density at radius 1 is 1.32 bits per heavy atom. The van der Waals surface area contributed by atoms with Crippen LogP contribution in [0.15, 0.2) is 30.6 Å². The van der Waals surface area contributed by atoms with E-state index >= 15 is 0 Å². The number of rotatable bonds is 3. The van der Waals surface area contributed by atoms with Crippen molar-refractivity contribution in [3.05, 3.63) is 41.2 Å². The summed E-state index contributed by atoms with van der Waals surface area (Å²) in [5.41, 5.74) is 2.54. The topological polar surface area (TPSA) is 41.6 Å². The molecule has 96 valence electrons. The van der Waals surface area contributed by atoms with Gasteiger partial charge in [0.05, 0.1) is 17.8 Å². The normalized spacial score (nSPS) is 14.9. The molecule has 0 N–H and O–H groups in total. The van der Waals surface area contributed by atoms with E-state index in [1.165, 1.54) is 19.3 Å². The number of hydrogen-bond acceptors (Lipinski definition) is 2. The van der Waals surface area contributed by atoms with Gasteiger partial charge in [0.15, 0.2) is 0 Å². The zero-order valence-electron chi connectivity index (χ0n) is 10.5. The molecule has 0 spiro atoms. The van der Waals surface area contributed by atoms with Crippen LogP contribution in [0, 0.1) is 17.2 Å². The molecule has 19 heavy (non-hydrogen) atoms. The first-order valence-corrected chi connectivity index (χ1v) is 6.86. The Morgan fingerprint density at radius 2 is 2.16 bits per heavy atom. The molecule has 1 aliphatic carbocycles. The molecule has 0 bridgehead atoms. The van der Waals surface area contributed by atoms with Crippen molar-refractivity contribution in [1.82, 2.24) is 9.78 Å². The number of benzene rings is 1. The van der Waals surface area contributed by atoms with Crippen molar-refractivity contribution in [2.24, 2.45) is 5.92 Å². The summed E-state index contributed by atoms with van der Waals surface area (Å²) in [7, 11) is 0. The number of nitrogens with zero attached hydrogens (tertiary/aromatic N) is 3. The minimum absolute atomic E-state index is 0.578. The first-order valence-electron chi connectivity index (χ1n) is 6.48. The highest BCUT2D eigenvalue weighted by molar-refractivity contribution is 6.31. The average Bonchev–Trinajstić information content (AvgIpc) is 2.81. The lowest BCUT2D eigenvalue weighted by Crippen LogP contribution is -2.18. The van der Waals surface area contributed by atoms with Crippen molar-refractivity contribution in [2.75, 3.05) is 0 Å². The SMILES string of the molecule is N#Cc1cc(Cl)cc(-c2cnn(CC3CCC3)c2)c1. The highest BCUT2D eigenvalue weighted by Crippen LogP contribution is 2.29. The van der Waals surface area contributed by atoms with Crippen molar-refractivity contribution in [2.45, 2.75) is 25.8 Å². The van der Waals surface area contributed by atoms with Crippen molar-refractivity contribution < 1.29 is 0 Å². The summed E-state index contributed by atoms with van der Waals surface area (Å²) in [6.45, 7) is 0.992. The Labute approximate surface area is 117 Å². The summed E-state index contributed by atoms with van der Waals surface area (Å²) in [5, 5.41) is 13.9. The Balaban J connectivity index is 1.85. The minimum Gasteiger partial charge on any atom is -0.272 e. The van der Waals surface area contributed by atoms with Gasteiger partial charge in [0.1, 0.15) is 0 Å². The Bertz CT molecular complexity index is 635. The Kier molecular flexibility index (Phi) is 3.27. The van der Waals surface area contributed by atoms with E-state index in [0.717, 1.165) is 23.6 Å². The molecule has 2 aromatic rings. The van der Waals surface area contributed by atoms with E-state index < -0.39 is 0 Å².